The van der Waals surface area contributed by atoms with E-state index in [2.05, 4.69) is 0 Å². The van der Waals surface area contributed by atoms with E-state index < -0.39 is 41.3 Å². The fraction of sp³-hybridized carbons (Fsp3) is 0.960. The summed E-state index contributed by atoms with van der Waals surface area (Å²) in [5.41, 5.74) is -6.69. The van der Waals surface area contributed by atoms with E-state index in [4.69, 9.17) is 0 Å². The Morgan fingerprint density at radius 3 is 2.03 bits per heavy atom. The number of rotatable bonds is 9. The van der Waals surface area contributed by atoms with Crippen molar-refractivity contribution in [1.29, 1.82) is 0 Å². The van der Waals surface area contributed by atoms with Crippen LogP contribution in [0.1, 0.15) is 98.8 Å². The van der Waals surface area contributed by atoms with Gasteiger partial charge in [-0.2, -0.15) is 26.3 Å². The van der Waals surface area contributed by atoms with E-state index in [0.717, 1.165) is 19.8 Å². The van der Waals surface area contributed by atoms with Gasteiger partial charge in [-0.05, 0) is 82.0 Å². The Kier molecular flexibility index (Phi) is 8.27. The Hall–Kier alpha value is -0.830. The molecule has 0 amide bonds. The van der Waals surface area contributed by atoms with Gasteiger partial charge in [0.05, 0.1) is 5.60 Å². The lowest BCUT2D eigenvalue weighted by atomic mass is 9.55. The van der Waals surface area contributed by atoms with Crippen LogP contribution in [-0.2, 0) is 4.79 Å². The summed E-state index contributed by atoms with van der Waals surface area (Å²) < 4.78 is 80.4. The molecule has 2 aliphatic carbocycles. The number of ketones is 1. The summed E-state index contributed by atoms with van der Waals surface area (Å²) in [7, 11) is 0. The van der Waals surface area contributed by atoms with Gasteiger partial charge >= 0.3 is 12.4 Å². The molecule has 0 saturated heterocycles. The van der Waals surface area contributed by atoms with Crippen molar-refractivity contribution in [3.63, 3.8) is 0 Å². The number of hydrogen-bond donors (Lipinski definition) is 2. The van der Waals surface area contributed by atoms with E-state index in [9.17, 15) is 41.4 Å². The van der Waals surface area contributed by atoms with Crippen LogP contribution in [0.4, 0.5) is 26.3 Å². The Morgan fingerprint density at radius 1 is 0.971 bits per heavy atom. The number of carbonyl (C=O) groups excluding carboxylic acids is 1. The van der Waals surface area contributed by atoms with Crippen LogP contribution in [0.15, 0.2) is 0 Å². The van der Waals surface area contributed by atoms with Crippen molar-refractivity contribution in [3.8, 4) is 0 Å². The van der Waals surface area contributed by atoms with Crippen LogP contribution in [0.3, 0.4) is 0 Å². The van der Waals surface area contributed by atoms with Crippen LogP contribution in [0.2, 0.25) is 0 Å². The second-order valence-corrected chi connectivity index (χ2v) is 12.0. The molecule has 9 heteroatoms. The second-order valence-electron chi connectivity index (χ2n) is 12.0. The summed E-state index contributed by atoms with van der Waals surface area (Å²) in [6.45, 7) is 8.08. The standard InChI is InChI=1S/C25H40F6O3/c1-16(23(34,24(26,27)28)25(29,30)31)11-15-21(4,13-7-12-20(2,3)33)19-10-9-17-18(32)8-6-14-22(17,19)5/h16-17,19,33-34H,6-15H2,1-5H3/t16?,17?,19-,21-,22+/m1/s1. The molecule has 200 valence electrons. The monoisotopic (exact) mass is 502 g/mol. The molecule has 0 aliphatic heterocycles. The number of alkyl halides is 6. The van der Waals surface area contributed by atoms with Gasteiger partial charge in [0.25, 0.3) is 5.60 Å². The van der Waals surface area contributed by atoms with Crippen molar-refractivity contribution in [2.24, 2.45) is 28.6 Å². The average Bonchev–Trinajstić information content (AvgIpc) is 3.01. The van der Waals surface area contributed by atoms with Crippen LogP contribution in [0.5, 0.6) is 0 Å². The first-order valence-corrected chi connectivity index (χ1v) is 12.3. The van der Waals surface area contributed by atoms with E-state index in [0.29, 0.717) is 38.5 Å². The third-order valence-corrected chi connectivity index (χ3v) is 8.97. The van der Waals surface area contributed by atoms with Crippen molar-refractivity contribution >= 4 is 5.78 Å². The van der Waals surface area contributed by atoms with E-state index in [1.54, 1.807) is 13.8 Å². The zero-order chi connectivity index (χ0) is 26.4. The minimum atomic E-state index is -5.85. The lowest BCUT2D eigenvalue weighted by Gasteiger charge is -2.49. The van der Waals surface area contributed by atoms with Gasteiger partial charge in [0.2, 0.25) is 0 Å². The number of Topliss-reactive ketones (excluding diaryl/α,β-unsaturated/α-hetero) is 1. The number of hydrogen-bond acceptors (Lipinski definition) is 3. The molecule has 0 aromatic carbocycles. The first-order valence-electron chi connectivity index (χ1n) is 12.3. The van der Waals surface area contributed by atoms with Gasteiger partial charge in [0, 0.05) is 18.3 Å². The molecule has 34 heavy (non-hydrogen) atoms. The average molecular weight is 503 g/mol. The van der Waals surface area contributed by atoms with Gasteiger partial charge in [0.1, 0.15) is 5.78 Å². The minimum Gasteiger partial charge on any atom is -0.390 e. The summed E-state index contributed by atoms with van der Waals surface area (Å²) in [6, 6.07) is 0. The van der Waals surface area contributed by atoms with Crippen LogP contribution in [0, 0.1) is 28.6 Å². The fourth-order valence-corrected chi connectivity index (χ4v) is 6.95. The predicted octanol–water partition coefficient (Wildman–Crippen LogP) is 6.99. The molecule has 0 heterocycles. The van der Waals surface area contributed by atoms with Crippen molar-refractivity contribution in [1.82, 2.24) is 0 Å². The van der Waals surface area contributed by atoms with Gasteiger partial charge in [-0.15, -0.1) is 0 Å². The number of carbonyl (C=O) groups is 1. The maximum atomic E-state index is 13.4. The van der Waals surface area contributed by atoms with E-state index in [-0.39, 0.29) is 29.5 Å². The normalized spacial score (nSPS) is 29.6. The number of halogens is 6. The van der Waals surface area contributed by atoms with Gasteiger partial charge in [0.15, 0.2) is 0 Å². The molecule has 2 N–H and O–H groups in total. The highest BCUT2D eigenvalue weighted by atomic mass is 19.4. The molecule has 5 atom stereocenters. The molecule has 2 saturated carbocycles. The van der Waals surface area contributed by atoms with Crippen LogP contribution < -0.4 is 0 Å². The Morgan fingerprint density at radius 2 is 1.53 bits per heavy atom. The molecule has 0 aromatic heterocycles. The van der Waals surface area contributed by atoms with Crippen LogP contribution >= 0.6 is 0 Å². The molecule has 2 aliphatic rings. The van der Waals surface area contributed by atoms with E-state index in [1.807, 2.05) is 13.8 Å². The Bertz CT molecular complexity index is 712. The first-order chi connectivity index (χ1) is 15.2. The maximum absolute atomic E-state index is 13.4. The number of aliphatic hydroxyl groups is 2. The second kappa shape index (κ2) is 9.56. The molecule has 0 aromatic rings. The largest absolute Gasteiger partial charge is 0.426 e. The Balaban J connectivity index is 2.33. The third kappa shape index (κ3) is 5.60. The topological polar surface area (TPSA) is 57.5 Å². The lowest BCUT2D eigenvalue weighted by molar-refractivity contribution is -0.384. The lowest BCUT2D eigenvalue weighted by Crippen LogP contribution is -2.61. The molecule has 2 fully saturated rings. The zero-order valence-electron chi connectivity index (χ0n) is 20.9. The minimum absolute atomic E-state index is 0.0341. The summed E-state index contributed by atoms with van der Waals surface area (Å²) in [5.74, 6) is -2.04. The number of fused-ring (bicyclic) bond motifs is 1. The quantitative estimate of drug-likeness (QED) is 0.334. The highest BCUT2D eigenvalue weighted by Crippen LogP contribution is 2.62. The molecule has 2 rings (SSSR count). The first kappa shape index (κ1) is 29.4. The molecular formula is C25H40F6O3. The SMILES string of the molecule is CC(CC[C@@](C)(CCCC(C)(C)O)[C@H]1CCC2C(=O)CCC[C@@]21C)C(O)(C(F)(F)F)C(F)(F)F. The van der Waals surface area contributed by atoms with E-state index >= 15 is 0 Å². The maximum Gasteiger partial charge on any atom is 0.426 e. The summed E-state index contributed by atoms with van der Waals surface area (Å²) in [4.78, 5) is 12.6. The fourth-order valence-electron chi connectivity index (χ4n) is 6.95. The van der Waals surface area contributed by atoms with Gasteiger partial charge < -0.3 is 10.2 Å². The highest BCUT2D eigenvalue weighted by Gasteiger charge is 2.72. The molecule has 2 unspecified atom stereocenters. The molecule has 0 bridgehead atoms. The van der Waals surface area contributed by atoms with Crippen molar-refractivity contribution in [3.05, 3.63) is 0 Å². The van der Waals surface area contributed by atoms with Crippen LogP contribution in [0.25, 0.3) is 0 Å². The molecule has 3 nitrogen and oxygen atoms in total. The van der Waals surface area contributed by atoms with E-state index in [1.165, 1.54) is 0 Å². The smallest absolute Gasteiger partial charge is 0.390 e. The van der Waals surface area contributed by atoms with Crippen molar-refractivity contribution in [2.75, 3.05) is 0 Å². The van der Waals surface area contributed by atoms with Gasteiger partial charge in [-0.25, -0.2) is 0 Å². The zero-order valence-corrected chi connectivity index (χ0v) is 20.9. The van der Waals surface area contributed by atoms with Crippen molar-refractivity contribution < 1.29 is 41.4 Å². The third-order valence-electron chi connectivity index (χ3n) is 8.97. The molecule has 0 radical (unpaired) electrons. The summed E-state index contributed by atoms with van der Waals surface area (Å²) in [5, 5.41) is 20.0. The molecule has 0 spiro atoms. The summed E-state index contributed by atoms with van der Waals surface area (Å²) >= 11 is 0. The van der Waals surface area contributed by atoms with Gasteiger partial charge in [-0.3, -0.25) is 4.79 Å². The highest BCUT2D eigenvalue weighted by molar-refractivity contribution is 5.83. The predicted molar refractivity (Wildman–Crippen MR) is 117 cm³/mol. The van der Waals surface area contributed by atoms with Crippen LogP contribution in [-0.4, -0.2) is 39.6 Å². The summed E-state index contributed by atoms with van der Waals surface area (Å²) in [6.07, 6.45) is -7.12. The Labute approximate surface area is 198 Å². The van der Waals surface area contributed by atoms with Gasteiger partial charge in [-0.1, -0.05) is 27.2 Å². The molecular weight excluding hydrogens is 462 g/mol. The van der Waals surface area contributed by atoms with Crippen molar-refractivity contribution in [2.45, 2.75) is 122 Å².